The van der Waals surface area contributed by atoms with Crippen molar-refractivity contribution >= 4 is 21.8 Å². The lowest BCUT2D eigenvalue weighted by Gasteiger charge is -2.17. The molecule has 0 aliphatic rings. The maximum absolute atomic E-state index is 13.0. The molecule has 0 N–H and O–H groups in total. The van der Waals surface area contributed by atoms with Gasteiger partial charge in [-0.1, -0.05) is 6.07 Å². The number of rotatable bonds is 5. The smallest absolute Gasteiger partial charge is 0.272 e. The topological polar surface area (TPSA) is 42.4 Å². The standard InChI is InChI=1S/C15H14BrFN2O2/c1-19(15(20)14-6-5-11(16)10-18-14)7-8-21-13-4-2-3-12(17)9-13/h2-6,9-10H,7-8H2,1H3. The van der Waals surface area contributed by atoms with Crippen molar-refractivity contribution in [2.24, 2.45) is 0 Å². The van der Waals surface area contributed by atoms with Crippen LogP contribution in [-0.2, 0) is 0 Å². The number of pyridine rings is 1. The lowest BCUT2D eigenvalue weighted by molar-refractivity contribution is 0.0768. The van der Waals surface area contributed by atoms with E-state index in [-0.39, 0.29) is 18.3 Å². The summed E-state index contributed by atoms with van der Waals surface area (Å²) in [5.74, 6) is -0.0982. The van der Waals surface area contributed by atoms with Gasteiger partial charge in [-0.25, -0.2) is 9.37 Å². The average molecular weight is 353 g/mol. The largest absolute Gasteiger partial charge is 0.492 e. The summed E-state index contributed by atoms with van der Waals surface area (Å²) in [6.45, 7) is 0.662. The molecule has 0 saturated heterocycles. The van der Waals surface area contributed by atoms with Crippen LogP contribution in [0.3, 0.4) is 0 Å². The first kappa shape index (κ1) is 15.4. The van der Waals surface area contributed by atoms with Gasteiger partial charge in [-0.3, -0.25) is 4.79 Å². The number of carbonyl (C=O) groups is 1. The Morgan fingerprint density at radius 3 is 2.86 bits per heavy atom. The predicted molar refractivity (Wildman–Crippen MR) is 80.8 cm³/mol. The van der Waals surface area contributed by atoms with Gasteiger partial charge in [0.15, 0.2) is 0 Å². The molecule has 2 aromatic rings. The van der Waals surface area contributed by atoms with Crippen molar-refractivity contribution in [3.05, 3.63) is 58.6 Å². The zero-order chi connectivity index (χ0) is 15.2. The first-order valence-corrected chi connectivity index (χ1v) is 7.11. The van der Waals surface area contributed by atoms with E-state index in [1.54, 1.807) is 37.5 Å². The molecular weight excluding hydrogens is 339 g/mol. The Bertz CT molecular complexity index is 619. The third-order valence-electron chi connectivity index (χ3n) is 2.78. The molecule has 4 nitrogen and oxygen atoms in total. The summed E-state index contributed by atoms with van der Waals surface area (Å²) in [5, 5.41) is 0. The molecule has 0 bridgehead atoms. The highest BCUT2D eigenvalue weighted by atomic mass is 79.9. The van der Waals surface area contributed by atoms with E-state index < -0.39 is 0 Å². The van der Waals surface area contributed by atoms with E-state index in [4.69, 9.17) is 4.74 Å². The molecule has 0 aliphatic heterocycles. The van der Waals surface area contributed by atoms with E-state index in [1.807, 2.05) is 0 Å². The number of carbonyl (C=O) groups excluding carboxylic acids is 1. The van der Waals surface area contributed by atoms with E-state index in [0.29, 0.717) is 18.0 Å². The highest BCUT2D eigenvalue weighted by molar-refractivity contribution is 9.10. The van der Waals surface area contributed by atoms with Crippen molar-refractivity contribution < 1.29 is 13.9 Å². The zero-order valence-corrected chi connectivity index (χ0v) is 13.0. The first-order valence-electron chi connectivity index (χ1n) is 6.31. The molecule has 1 amide bonds. The Labute approximate surface area is 130 Å². The highest BCUT2D eigenvalue weighted by Crippen LogP contribution is 2.12. The van der Waals surface area contributed by atoms with Crippen LogP contribution in [0.25, 0.3) is 0 Å². The summed E-state index contributed by atoms with van der Waals surface area (Å²) in [6, 6.07) is 9.31. The summed E-state index contributed by atoms with van der Waals surface area (Å²) in [4.78, 5) is 17.6. The van der Waals surface area contributed by atoms with Gasteiger partial charge >= 0.3 is 0 Å². The number of amides is 1. The number of hydrogen-bond acceptors (Lipinski definition) is 3. The zero-order valence-electron chi connectivity index (χ0n) is 11.4. The quantitative estimate of drug-likeness (QED) is 0.830. The number of ether oxygens (including phenoxy) is 1. The number of likely N-dealkylation sites (N-methyl/N-ethyl adjacent to an activating group) is 1. The maximum Gasteiger partial charge on any atom is 0.272 e. The van der Waals surface area contributed by atoms with E-state index >= 15 is 0 Å². The molecule has 0 fully saturated rings. The number of halogens is 2. The van der Waals surface area contributed by atoms with E-state index in [1.165, 1.54) is 17.0 Å². The van der Waals surface area contributed by atoms with E-state index in [2.05, 4.69) is 20.9 Å². The van der Waals surface area contributed by atoms with Crippen LogP contribution in [0.5, 0.6) is 5.75 Å². The molecule has 0 atom stereocenters. The Morgan fingerprint density at radius 1 is 1.38 bits per heavy atom. The van der Waals surface area contributed by atoms with Crippen LogP contribution in [0.2, 0.25) is 0 Å². The lowest BCUT2D eigenvalue weighted by Crippen LogP contribution is -2.31. The summed E-state index contributed by atoms with van der Waals surface area (Å²) >= 11 is 3.27. The average Bonchev–Trinajstić information content (AvgIpc) is 2.47. The number of aromatic nitrogens is 1. The molecular formula is C15H14BrFN2O2. The highest BCUT2D eigenvalue weighted by Gasteiger charge is 2.12. The maximum atomic E-state index is 13.0. The second kappa shape index (κ2) is 7.17. The molecule has 110 valence electrons. The number of nitrogens with zero attached hydrogens (tertiary/aromatic N) is 2. The SMILES string of the molecule is CN(CCOc1cccc(F)c1)C(=O)c1ccc(Br)cn1. The second-order valence-electron chi connectivity index (χ2n) is 4.39. The fourth-order valence-corrected chi connectivity index (χ4v) is 1.89. The third-order valence-corrected chi connectivity index (χ3v) is 3.25. The molecule has 0 radical (unpaired) electrons. The monoisotopic (exact) mass is 352 g/mol. The van der Waals surface area contributed by atoms with Crippen LogP contribution in [0.15, 0.2) is 47.1 Å². The molecule has 6 heteroatoms. The van der Waals surface area contributed by atoms with Gasteiger partial charge in [-0.15, -0.1) is 0 Å². The predicted octanol–water partition coefficient (Wildman–Crippen LogP) is 3.13. The Morgan fingerprint density at radius 2 is 2.19 bits per heavy atom. The van der Waals surface area contributed by atoms with Crippen LogP contribution >= 0.6 is 15.9 Å². The van der Waals surface area contributed by atoms with Gasteiger partial charge in [0.25, 0.3) is 5.91 Å². The fraction of sp³-hybridized carbons (Fsp3) is 0.200. The van der Waals surface area contributed by atoms with Gasteiger partial charge in [0.1, 0.15) is 23.9 Å². The van der Waals surface area contributed by atoms with Crippen LogP contribution in [0.4, 0.5) is 4.39 Å². The van der Waals surface area contributed by atoms with Gasteiger partial charge < -0.3 is 9.64 Å². The van der Waals surface area contributed by atoms with E-state index in [9.17, 15) is 9.18 Å². The third kappa shape index (κ3) is 4.53. The molecule has 0 aliphatic carbocycles. The van der Waals surface area contributed by atoms with Crippen molar-refractivity contribution in [3.8, 4) is 5.75 Å². The lowest BCUT2D eigenvalue weighted by atomic mass is 10.3. The van der Waals surface area contributed by atoms with Gasteiger partial charge in [-0.2, -0.15) is 0 Å². The fourth-order valence-electron chi connectivity index (χ4n) is 1.66. The van der Waals surface area contributed by atoms with Crippen molar-refractivity contribution in [2.45, 2.75) is 0 Å². The van der Waals surface area contributed by atoms with Gasteiger partial charge in [0.2, 0.25) is 0 Å². The second-order valence-corrected chi connectivity index (χ2v) is 5.31. The minimum atomic E-state index is -0.351. The molecule has 1 heterocycles. The molecule has 1 aromatic heterocycles. The number of benzene rings is 1. The summed E-state index contributed by atoms with van der Waals surface area (Å²) in [7, 11) is 1.67. The Balaban J connectivity index is 1.85. The minimum Gasteiger partial charge on any atom is -0.492 e. The molecule has 0 spiro atoms. The van der Waals surface area contributed by atoms with Gasteiger partial charge in [0.05, 0.1) is 6.54 Å². The van der Waals surface area contributed by atoms with Crippen LogP contribution < -0.4 is 4.74 Å². The summed E-state index contributed by atoms with van der Waals surface area (Å²) in [5.41, 5.74) is 0.367. The molecule has 1 aromatic carbocycles. The molecule has 0 saturated carbocycles. The molecule has 2 rings (SSSR count). The van der Waals surface area contributed by atoms with Gasteiger partial charge in [-0.05, 0) is 40.2 Å². The van der Waals surface area contributed by atoms with Crippen molar-refractivity contribution in [3.63, 3.8) is 0 Å². The minimum absolute atomic E-state index is 0.189. The number of hydrogen-bond donors (Lipinski definition) is 0. The van der Waals surface area contributed by atoms with Crippen LogP contribution in [0.1, 0.15) is 10.5 Å². The Hall–Kier alpha value is -1.95. The van der Waals surface area contributed by atoms with Crippen LogP contribution in [0, 0.1) is 5.82 Å². The molecule has 0 unspecified atom stereocenters. The van der Waals surface area contributed by atoms with Crippen molar-refractivity contribution in [1.82, 2.24) is 9.88 Å². The molecule has 21 heavy (non-hydrogen) atoms. The van der Waals surface area contributed by atoms with E-state index in [0.717, 1.165) is 4.47 Å². The normalized spacial score (nSPS) is 10.2. The Kier molecular flexibility index (Phi) is 5.27. The summed E-state index contributed by atoms with van der Waals surface area (Å²) < 4.78 is 19.2. The first-order chi connectivity index (χ1) is 10.1. The van der Waals surface area contributed by atoms with Crippen LogP contribution in [-0.4, -0.2) is 36.0 Å². The summed E-state index contributed by atoms with van der Waals surface area (Å²) in [6.07, 6.45) is 1.57. The van der Waals surface area contributed by atoms with Crippen molar-refractivity contribution in [1.29, 1.82) is 0 Å². The van der Waals surface area contributed by atoms with Gasteiger partial charge in [0, 0.05) is 23.8 Å². The van der Waals surface area contributed by atoms with Crippen molar-refractivity contribution in [2.75, 3.05) is 20.2 Å².